The van der Waals surface area contributed by atoms with E-state index in [0.29, 0.717) is 17.5 Å². The maximum absolute atomic E-state index is 5.67. The van der Waals surface area contributed by atoms with Gasteiger partial charge in [-0.3, -0.25) is 0 Å². The second-order valence-electron chi connectivity index (χ2n) is 3.86. The molecule has 7 heteroatoms. The predicted molar refractivity (Wildman–Crippen MR) is 69.4 cm³/mol. The van der Waals surface area contributed by atoms with Crippen LogP contribution >= 0.6 is 11.6 Å². The zero-order chi connectivity index (χ0) is 13.1. The van der Waals surface area contributed by atoms with Crippen LogP contribution in [0.4, 0.5) is 0 Å². The third-order valence-corrected chi connectivity index (χ3v) is 2.68. The van der Waals surface area contributed by atoms with E-state index in [-0.39, 0.29) is 0 Å². The molecule has 0 saturated carbocycles. The fraction of sp³-hybridized carbons (Fsp3) is 0.0833. The van der Waals surface area contributed by atoms with Crippen LogP contribution in [0, 0.1) is 0 Å². The summed E-state index contributed by atoms with van der Waals surface area (Å²) < 4.78 is 0. The first kappa shape index (κ1) is 11.7. The number of hydrogen-bond donors (Lipinski definition) is 0. The smallest absolute Gasteiger partial charge is 0.158 e. The van der Waals surface area contributed by atoms with E-state index in [9.17, 15) is 0 Å². The number of nitrogens with zero attached hydrogens (tertiary/aromatic N) is 6. The molecule has 0 bridgehead atoms. The summed E-state index contributed by atoms with van der Waals surface area (Å²) in [6.45, 7) is 0.407. The van der Waals surface area contributed by atoms with Gasteiger partial charge in [-0.2, -0.15) is 9.90 Å². The van der Waals surface area contributed by atoms with E-state index in [4.69, 9.17) is 11.6 Å². The highest BCUT2D eigenvalue weighted by Gasteiger charge is 2.06. The molecule has 6 nitrogen and oxygen atoms in total. The van der Waals surface area contributed by atoms with Crippen molar-refractivity contribution in [1.82, 2.24) is 30.4 Å². The first-order chi connectivity index (χ1) is 9.31. The van der Waals surface area contributed by atoms with E-state index in [1.165, 1.54) is 4.80 Å². The van der Waals surface area contributed by atoms with Gasteiger partial charge in [0.2, 0.25) is 5.82 Å². The average molecular weight is 273 g/mol. The van der Waals surface area contributed by atoms with Gasteiger partial charge in [0.25, 0.3) is 0 Å². The number of tetrazole rings is 1. The Morgan fingerprint density at radius 1 is 0.947 bits per heavy atom. The molecule has 94 valence electrons. The van der Waals surface area contributed by atoms with Crippen molar-refractivity contribution in [2.75, 3.05) is 0 Å². The van der Waals surface area contributed by atoms with Crippen LogP contribution in [-0.2, 0) is 6.54 Å². The van der Waals surface area contributed by atoms with Crippen molar-refractivity contribution in [1.29, 1.82) is 0 Å². The molecular weight excluding hydrogens is 264 g/mol. The summed E-state index contributed by atoms with van der Waals surface area (Å²) in [5.74, 6) is 0.586. The summed E-state index contributed by atoms with van der Waals surface area (Å²) >= 11 is 5.67. The van der Waals surface area contributed by atoms with Crippen molar-refractivity contribution in [3.63, 3.8) is 0 Å². The SMILES string of the molecule is Clc1ccc(Cn2nnc(-c3ccccc3)n2)nn1. The quantitative estimate of drug-likeness (QED) is 0.727. The van der Waals surface area contributed by atoms with Crippen molar-refractivity contribution in [2.24, 2.45) is 0 Å². The minimum atomic E-state index is 0.361. The summed E-state index contributed by atoms with van der Waals surface area (Å²) in [6.07, 6.45) is 0. The zero-order valence-corrected chi connectivity index (χ0v) is 10.6. The van der Waals surface area contributed by atoms with E-state index >= 15 is 0 Å². The monoisotopic (exact) mass is 272 g/mol. The standard InChI is InChI=1S/C12H9ClN6/c13-11-7-6-10(14-15-11)8-19-17-12(16-18-19)9-4-2-1-3-5-9/h1-7H,8H2. The molecule has 0 aliphatic carbocycles. The molecule has 0 unspecified atom stereocenters. The summed E-state index contributed by atoms with van der Waals surface area (Å²) in [7, 11) is 0. The van der Waals surface area contributed by atoms with Crippen LogP contribution in [0.2, 0.25) is 5.15 Å². The van der Waals surface area contributed by atoms with Gasteiger partial charge in [-0.1, -0.05) is 41.9 Å². The molecule has 0 spiro atoms. The molecule has 0 saturated heterocycles. The molecule has 0 fully saturated rings. The van der Waals surface area contributed by atoms with Gasteiger partial charge in [0, 0.05) is 5.56 Å². The lowest BCUT2D eigenvalue weighted by Crippen LogP contribution is -2.06. The van der Waals surface area contributed by atoms with E-state index in [1.54, 1.807) is 12.1 Å². The zero-order valence-electron chi connectivity index (χ0n) is 9.81. The minimum Gasteiger partial charge on any atom is -0.158 e. The Bertz CT molecular complexity index is 664. The second kappa shape index (κ2) is 5.11. The van der Waals surface area contributed by atoms with Gasteiger partial charge in [-0.25, -0.2) is 0 Å². The molecular formula is C12H9ClN6. The molecule has 19 heavy (non-hydrogen) atoms. The lowest BCUT2D eigenvalue weighted by Gasteiger charge is -1.97. The number of benzene rings is 1. The first-order valence-corrected chi connectivity index (χ1v) is 6.00. The second-order valence-corrected chi connectivity index (χ2v) is 4.24. The van der Waals surface area contributed by atoms with Gasteiger partial charge in [0.1, 0.15) is 6.54 Å². The normalized spacial score (nSPS) is 10.6. The van der Waals surface area contributed by atoms with Crippen LogP contribution in [0.15, 0.2) is 42.5 Å². The summed E-state index contributed by atoms with van der Waals surface area (Å²) in [5, 5.41) is 20.4. The number of rotatable bonds is 3. The van der Waals surface area contributed by atoms with E-state index in [2.05, 4.69) is 25.6 Å². The molecule has 0 radical (unpaired) electrons. The molecule has 0 amide bonds. The van der Waals surface area contributed by atoms with Crippen molar-refractivity contribution in [3.05, 3.63) is 53.3 Å². The van der Waals surface area contributed by atoms with Gasteiger partial charge in [-0.05, 0) is 17.3 Å². The third-order valence-electron chi connectivity index (χ3n) is 2.48. The largest absolute Gasteiger partial charge is 0.204 e. The Balaban J connectivity index is 1.80. The highest BCUT2D eigenvalue weighted by atomic mass is 35.5. The third kappa shape index (κ3) is 2.74. The molecule has 0 aliphatic heterocycles. The van der Waals surface area contributed by atoms with E-state index < -0.39 is 0 Å². The van der Waals surface area contributed by atoms with Crippen LogP contribution < -0.4 is 0 Å². The maximum atomic E-state index is 5.67. The lowest BCUT2D eigenvalue weighted by molar-refractivity contribution is 0.560. The molecule has 1 aromatic carbocycles. The van der Waals surface area contributed by atoms with Crippen molar-refractivity contribution < 1.29 is 0 Å². The Morgan fingerprint density at radius 2 is 1.79 bits per heavy atom. The minimum absolute atomic E-state index is 0.361. The van der Waals surface area contributed by atoms with Gasteiger partial charge in [-0.15, -0.1) is 15.3 Å². The molecule has 2 aromatic heterocycles. The predicted octanol–water partition coefficient (Wildman–Crippen LogP) is 1.83. The molecule has 2 heterocycles. The molecule has 0 atom stereocenters. The van der Waals surface area contributed by atoms with Crippen LogP contribution in [0.5, 0.6) is 0 Å². The van der Waals surface area contributed by atoms with Crippen molar-refractivity contribution in [3.8, 4) is 11.4 Å². The highest BCUT2D eigenvalue weighted by Crippen LogP contribution is 2.12. The van der Waals surface area contributed by atoms with Crippen LogP contribution in [0.25, 0.3) is 11.4 Å². The Labute approximate surface area is 114 Å². The Morgan fingerprint density at radius 3 is 2.53 bits per heavy atom. The van der Waals surface area contributed by atoms with Gasteiger partial charge >= 0.3 is 0 Å². The Hall–Kier alpha value is -2.34. The fourth-order valence-corrected chi connectivity index (χ4v) is 1.69. The van der Waals surface area contributed by atoms with Gasteiger partial charge in [0.05, 0.1) is 5.69 Å². The van der Waals surface area contributed by atoms with Crippen LogP contribution in [-0.4, -0.2) is 30.4 Å². The average Bonchev–Trinajstić information content (AvgIpc) is 2.91. The molecule has 3 rings (SSSR count). The summed E-state index contributed by atoms with van der Waals surface area (Å²) in [4.78, 5) is 1.47. The number of halogens is 1. The van der Waals surface area contributed by atoms with Crippen molar-refractivity contribution in [2.45, 2.75) is 6.54 Å². The van der Waals surface area contributed by atoms with Crippen molar-refractivity contribution >= 4 is 11.6 Å². The summed E-state index contributed by atoms with van der Waals surface area (Å²) in [6, 6.07) is 13.1. The lowest BCUT2D eigenvalue weighted by atomic mass is 10.2. The molecule has 3 aromatic rings. The number of aromatic nitrogens is 6. The summed E-state index contributed by atoms with van der Waals surface area (Å²) in [5.41, 5.74) is 1.65. The highest BCUT2D eigenvalue weighted by molar-refractivity contribution is 6.29. The van der Waals surface area contributed by atoms with Crippen LogP contribution in [0.1, 0.15) is 5.69 Å². The number of hydrogen-bond acceptors (Lipinski definition) is 5. The topological polar surface area (TPSA) is 69.4 Å². The Kier molecular flexibility index (Phi) is 3.16. The van der Waals surface area contributed by atoms with Crippen LogP contribution in [0.3, 0.4) is 0 Å². The maximum Gasteiger partial charge on any atom is 0.204 e. The van der Waals surface area contributed by atoms with E-state index in [0.717, 1.165) is 11.3 Å². The first-order valence-electron chi connectivity index (χ1n) is 5.62. The molecule has 0 N–H and O–H groups in total. The van der Waals surface area contributed by atoms with Gasteiger partial charge in [0.15, 0.2) is 5.15 Å². The van der Waals surface area contributed by atoms with Gasteiger partial charge < -0.3 is 0 Å². The fourth-order valence-electron chi connectivity index (χ4n) is 1.59. The van der Waals surface area contributed by atoms with E-state index in [1.807, 2.05) is 30.3 Å². The molecule has 0 aliphatic rings.